The van der Waals surface area contributed by atoms with Gasteiger partial charge in [0, 0.05) is 42.0 Å². The van der Waals surface area contributed by atoms with Gasteiger partial charge in [0.25, 0.3) is 0 Å². The van der Waals surface area contributed by atoms with E-state index in [0.717, 1.165) is 18.4 Å². The number of likely N-dealkylation sites (N-methyl/N-ethyl adjacent to an activating group) is 1. The van der Waals surface area contributed by atoms with Gasteiger partial charge >= 0.3 is 5.97 Å². The highest BCUT2D eigenvalue weighted by molar-refractivity contribution is 6.05. The Balaban J connectivity index is 1.60. The van der Waals surface area contributed by atoms with Crippen molar-refractivity contribution in [1.82, 2.24) is 9.47 Å². The molecule has 0 amide bonds. The maximum Gasteiger partial charge on any atom is 0.340 e. The van der Waals surface area contributed by atoms with Crippen molar-refractivity contribution in [2.24, 2.45) is 0 Å². The van der Waals surface area contributed by atoms with Crippen molar-refractivity contribution in [3.63, 3.8) is 0 Å². The van der Waals surface area contributed by atoms with Gasteiger partial charge in [0.15, 0.2) is 5.69 Å². The highest BCUT2D eigenvalue weighted by Crippen LogP contribution is 2.31. The molecular weight excluding hydrogens is 349 g/mol. The van der Waals surface area contributed by atoms with Crippen LogP contribution in [0.15, 0.2) is 24.4 Å². The van der Waals surface area contributed by atoms with Gasteiger partial charge in [0.1, 0.15) is 12.8 Å². The number of morpholine rings is 1. The molecule has 2 fully saturated rings. The van der Waals surface area contributed by atoms with E-state index < -0.39 is 12.6 Å². The molecule has 1 aromatic carbocycles. The fraction of sp³-hybridized carbons (Fsp3) is 0.500. The third-order valence-corrected chi connectivity index (χ3v) is 5.66. The first-order valence-corrected chi connectivity index (χ1v) is 9.17. The Morgan fingerprint density at radius 1 is 1.37 bits per heavy atom. The molecule has 7 heteroatoms. The van der Waals surface area contributed by atoms with Gasteiger partial charge in [-0.25, -0.2) is 14.0 Å². The third-order valence-electron chi connectivity index (χ3n) is 5.66. The van der Waals surface area contributed by atoms with Crippen LogP contribution in [-0.2, 0) is 16.0 Å². The molecule has 142 valence electrons. The Kier molecular flexibility index (Phi) is 4.85. The monoisotopic (exact) mass is 371 g/mol. The van der Waals surface area contributed by atoms with E-state index in [9.17, 15) is 9.18 Å². The summed E-state index contributed by atoms with van der Waals surface area (Å²) < 4.78 is 26.0. The number of rotatable bonds is 4. The Hall–Kier alpha value is -2.43. The number of nitrogens with zero attached hydrogens (tertiary/aromatic N) is 3. The van der Waals surface area contributed by atoms with Crippen molar-refractivity contribution in [2.45, 2.75) is 37.6 Å². The average molecular weight is 371 g/mol. The Morgan fingerprint density at radius 2 is 2.11 bits per heavy atom. The second-order valence-electron chi connectivity index (χ2n) is 7.25. The number of halogens is 1. The molecule has 0 aliphatic carbocycles. The van der Waals surface area contributed by atoms with E-state index in [0.29, 0.717) is 29.9 Å². The van der Waals surface area contributed by atoms with Gasteiger partial charge in [0.05, 0.1) is 31.9 Å². The number of ether oxygens (including phenoxy) is 2. The van der Waals surface area contributed by atoms with E-state index in [4.69, 9.17) is 16.0 Å². The zero-order chi connectivity index (χ0) is 19.0. The molecule has 0 N–H and O–H groups in total. The van der Waals surface area contributed by atoms with Gasteiger partial charge in [-0.05, 0) is 19.2 Å². The van der Waals surface area contributed by atoms with E-state index in [1.807, 2.05) is 0 Å². The van der Waals surface area contributed by atoms with Crippen LogP contribution in [0.1, 0.15) is 23.2 Å². The molecule has 4 rings (SSSR count). The molecule has 2 aromatic rings. The van der Waals surface area contributed by atoms with Crippen LogP contribution < -0.4 is 0 Å². The molecule has 0 saturated carbocycles. The van der Waals surface area contributed by atoms with Gasteiger partial charge in [0.2, 0.25) is 0 Å². The van der Waals surface area contributed by atoms with Gasteiger partial charge in [-0.1, -0.05) is 6.07 Å². The smallest absolute Gasteiger partial charge is 0.340 e. The number of carbonyl (C=O) groups is 1. The van der Waals surface area contributed by atoms with E-state index in [2.05, 4.69) is 16.8 Å². The van der Waals surface area contributed by atoms with Crippen LogP contribution in [0.3, 0.4) is 0 Å². The van der Waals surface area contributed by atoms with E-state index >= 15 is 0 Å². The predicted octanol–water partition coefficient (Wildman–Crippen LogP) is 3.18. The fourth-order valence-electron chi connectivity index (χ4n) is 4.15. The summed E-state index contributed by atoms with van der Waals surface area (Å²) in [5, 5.41) is 0.637. The van der Waals surface area contributed by atoms with E-state index in [1.54, 1.807) is 29.0 Å². The summed E-state index contributed by atoms with van der Waals surface area (Å²) in [6.07, 6.45) is 2.97. The van der Waals surface area contributed by atoms with Crippen LogP contribution in [0.4, 0.5) is 10.1 Å². The van der Waals surface area contributed by atoms with Crippen LogP contribution >= 0.6 is 0 Å². The third kappa shape index (κ3) is 3.31. The SMILES string of the molecule is [C-]#[N+]c1ccc2c(c1)c(C(=O)OC1CC3COCC(C1)N3C)cn2CCF. The zero-order valence-corrected chi connectivity index (χ0v) is 15.2. The fourth-order valence-corrected chi connectivity index (χ4v) is 4.15. The van der Waals surface area contributed by atoms with Crippen molar-refractivity contribution in [1.29, 1.82) is 0 Å². The molecule has 2 unspecified atom stereocenters. The molecular formula is C20H22FN3O3. The highest BCUT2D eigenvalue weighted by Gasteiger charge is 2.38. The lowest BCUT2D eigenvalue weighted by Gasteiger charge is -2.46. The summed E-state index contributed by atoms with van der Waals surface area (Å²) in [6, 6.07) is 5.63. The standard InChI is InChI=1S/C20H22FN3O3/c1-22-13-3-4-19-17(7-13)18(10-24(19)6-5-21)20(25)27-16-8-14-11-26-12-15(9-16)23(14)2/h3-4,7,10,14-16H,5-6,8-9,11-12H2,2H3. The molecule has 27 heavy (non-hydrogen) atoms. The molecule has 2 saturated heterocycles. The quantitative estimate of drug-likeness (QED) is 0.612. The highest BCUT2D eigenvalue weighted by atomic mass is 19.1. The molecule has 1 aromatic heterocycles. The Morgan fingerprint density at radius 3 is 2.78 bits per heavy atom. The lowest BCUT2D eigenvalue weighted by molar-refractivity contribution is -0.0970. The molecule has 2 atom stereocenters. The molecule has 2 bridgehead atoms. The van der Waals surface area contributed by atoms with Crippen molar-refractivity contribution in [3.8, 4) is 0 Å². The first-order valence-electron chi connectivity index (χ1n) is 9.17. The number of aryl methyl sites for hydroxylation is 1. The number of carbonyl (C=O) groups excluding carboxylic acids is 1. The summed E-state index contributed by atoms with van der Waals surface area (Å²) >= 11 is 0. The number of alkyl halides is 1. The zero-order valence-electron chi connectivity index (χ0n) is 15.2. The molecule has 3 heterocycles. The maximum atomic E-state index is 12.9. The van der Waals surface area contributed by atoms with Crippen molar-refractivity contribution in [3.05, 3.63) is 41.4 Å². The number of fused-ring (bicyclic) bond motifs is 3. The molecule has 2 aliphatic rings. The Labute approximate surface area is 157 Å². The molecule has 0 radical (unpaired) electrons. The summed E-state index contributed by atoms with van der Waals surface area (Å²) in [7, 11) is 2.09. The van der Waals surface area contributed by atoms with Crippen LogP contribution in [-0.4, -0.2) is 60.6 Å². The minimum atomic E-state index is -0.527. The van der Waals surface area contributed by atoms with Crippen LogP contribution in [0.2, 0.25) is 0 Å². The van der Waals surface area contributed by atoms with Gasteiger partial charge in [-0.2, -0.15) is 0 Å². The second-order valence-corrected chi connectivity index (χ2v) is 7.25. The van der Waals surface area contributed by atoms with Crippen LogP contribution in [0.25, 0.3) is 15.7 Å². The van der Waals surface area contributed by atoms with Gasteiger partial charge in [-0.15, -0.1) is 0 Å². The topological polar surface area (TPSA) is 48.1 Å². The molecule has 0 spiro atoms. The predicted molar refractivity (Wildman–Crippen MR) is 98.8 cm³/mol. The van der Waals surface area contributed by atoms with Gasteiger partial charge < -0.3 is 14.0 Å². The van der Waals surface area contributed by atoms with Crippen LogP contribution in [0, 0.1) is 6.57 Å². The minimum Gasteiger partial charge on any atom is -0.459 e. The lowest BCUT2D eigenvalue weighted by atomic mass is 9.92. The summed E-state index contributed by atoms with van der Waals surface area (Å²) in [4.78, 5) is 18.6. The minimum absolute atomic E-state index is 0.156. The number of aromatic nitrogens is 1. The average Bonchev–Trinajstić information content (AvgIpc) is 3.01. The molecule has 2 aliphatic heterocycles. The number of hydrogen-bond donors (Lipinski definition) is 0. The van der Waals surface area contributed by atoms with Crippen molar-refractivity contribution in [2.75, 3.05) is 26.9 Å². The lowest BCUT2D eigenvalue weighted by Crippen LogP contribution is -2.56. The van der Waals surface area contributed by atoms with Crippen molar-refractivity contribution < 1.29 is 18.7 Å². The second kappa shape index (κ2) is 7.29. The first kappa shape index (κ1) is 18.0. The summed E-state index contributed by atoms with van der Waals surface area (Å²) in [5.74, 6) is -0.409. The van der Waals surface area contributed by atoms with Crippen LogP contribution in [0.5, 0.6) is 0 Å². The Bertz CT molecular complexity index is 890. The number of hydrogen-bond acceptors (Lipinski definition) is 4. The number of benzene rings is 1. The number of esters is 1. The maximum absolute atomic E-state index is 12.9. The van der Waals surface area contributed by atoms with E-state index in [-0.39, 0.29) is 24.7 Å². The van der Waals surface area contributed by atoms with E-state index in [1.165, 1.54) is 0 Å². The summed E-state index contributed by atoms with van der Waals surface area (Å²) in [5.41, 5.74) is 1.57. The first-order chi connectivity index (χ1) is 13.1. The largest absolute Gasteiger partial charge is 0.459 e. The summed E-state index contributed by atoms with van der Waals surface area (Å²) in [6.45, 7) is 8.16. The normalized spacial score (nSPS) is 25.3. The van der Waals surface area contributed by atoms with Gasteiger partial charge in [-0.3, -0.25) is 4.90 Å². The number of piperidine rings is 1. The van der Waals surface area contributed by atoms with Crippen molar-refractivity contribution >= 4 is 22.6 Å². The molecule has 6 nitrogen and oxygen atoms in total.